The summed E-state index contributed by atoms with van der Waals surface area (Å²) in [6.45, 7) is 5.71. The van der Waals surface area contributed by atoms with Crippen molar-refractivity contribution >= 4 is 29.4 Å². The van der Waals surface area contributed by atoms with Gasteiger partial charge in [0, 0.05) is 17.2 Å². The molecule has 1 unspecified atom stereocenters. The standard InChI is InChI=1S/C31H28N2O7S/c1-5-38-29(35)20-13-11-19(12-14-20)23-16-15-21(40-23)17-25-28(34)33-27(22-9-7-8-10-24(22)37-4)26(30(36)39-6-2)18(3)32-31(33)41-25/h7-17,27H,5-6H2,1-4H3/b25-17-. The minimum absolute atomic E-state index is 0.186. The fourth-order valence-corrected chi connectivity index (χ4v) is 5.70. The number of benzene rings is 2. The van der Waals surface area contributed by atoms with Crippen LogP contribution >= 0.6 is 11.3 Å². The van der Waals surface area contributed by atoms with E-state index in [4.69, 9.17) is 18.6 Å². The fourth-order valence-electron chi connectivity index (χ4n) is 4.68. The summed E-state index contributed by atoms with van der Waals surface area (Å²) in [7, 11) is 1.54. The van der Waals surface area contributed by atoms with Crippen LogP contribution in [0.15, 0.2) is 86.1 Å². The Bertz CT molecular complexity index is 1830. The average Bonchev–Trinajstić information content (AvgIpc) is 3.56. The summed E-state index contributed by atoms with van der Waals surface area (Å²) < 4.78 is 23.9. The lowest BCUT2D eigenvalue weighted by molar-refractivity contribution is -0.139. The summed E-state index contributed by atoms with van der Waals surface area (Å²) in [6.07, 6.45) is 1.66. The Morgan fingerprint density at radius 3 is 2.41 bits per heavy atom. The molecule has 0 radical (unpaired) electrons. The molecule has 10 heteroatoms. The summed E-state index contributed by atoms with van der Waals surface area (Å²) >= 11 is 1.20. The molecule has 5 rings (SSSR count). The van der Waals surface area contributed by atoms with Gasteiger partial charge < -0.3 is 18.6 Å². The van der Waals surface area contributed by atoms with Crippen LogP contribution in [-0.2, 0) is 14.3 Å². The van der Waals surface area contributed by atoms with Crippen molar-refractivity contribution in [3.05, 3.63) is 109 Å². The highest BCUT2D eigenvalue weighted by molar-refractivity contribution is 7.07. The van der Waals surface area contributed by atoms with Crippen molar-refractivity contribution in [2.75, 3.05) is 20.3 Å². The largest absolute Gasteiger partial charge is 0.496 e. The Kier molecular flexibility index (Phi) is 8.02. The third-order valence-corrected chi connectivity index (χ3v) is 7.51. The zero-order valence-corrected chi connectivity index (χ0v) is 23.8. The maximum absolute atomic E-state index is 13.8. The second-order valence-electron chi connectivity index (χ2n) is 9.04. The van der Waals surface area contributed by atoms with Gasteiger partial charge in [-0.3, -0.25) is 9.36 Å². The number of esters is 2. The third kappa shape index (κ3) is 5.38. The van der Waals surface area contributed by atoms with Gasteiger partial charge >= 0.3 is 11.9 Å². The van der Waals surface area contributed by atoms with Crippen LogP contribution in [0.2, 0.25) is 0 Å². The normalized spacial score (nSPS) is 14.8. The summed E-state index contributed by atoms with van der Waals surface area (Å²) in [5.74, 6) is 0.654. The monoisotopic (exact) mass is 572 g/mol. The smallest absolute Gasteiger partial charge is 0.338 e. The molecule has 0 fully saturated rings. The molecule has 1 atom stereocenters. The summed E-state index contributed by atoms with van der Waals surface area (Å²) in [4.78, 5) is 43.9. The number of allylic oxidation sites excluding steroid dienone is 1. The number of aromatic nitrogens is 1. The predicted molar refractivity (Wildman–Crippen MR) is 153 cm³/mol. The van der Waals surface area contributed by atoms with Crippen molar-refractivity contribution in [1.82, 2.24) is 4.57 Å². The van der Waals surface area contributed by atoms with Crippen LogP contribution in [0, 0.1) is 0 Å². The van der Waals surface area contributed by atoms with Crippen molar-refractivity contribution in [3.63, 3.8) is 0 Å². The molecule has 41 heavy (non-hydrogen) atoms. The number of carbonyl (C=O) groups is 2. The van der Waals surface area contributed by atoms with E-state index < -0.39 is 12.0 Å². The minimum Gasteiger partial charge on any atom is -0.496 e. The lowest BCUT2D eigenvalue weighted by atomic mass is 9.95. The number of ether oxygens (including phenoxy) is 3. The van der Waals surface area contributed by atoms with Crippen molar-refractivity contribution < 1.29 is 28.2 Å². The van der Waals surface area contributed by atoms with Crippen LogP contribution in [0.25, 0.3) is 17.4 Å². The van der Waals surface area contributed by atoms with Gasteiger partial charge in [0.15, 0.2) is 4.80 Å². The third-order valence-electron chi connectivity index (χ3n) is 6.53. The Morgan fingerprint density at radius 1 is 1.00 bits per heavy atom. The van der Waals surface area contributed by atoms with E-state index in [9.17, 15) is 14.4 Å². The molecule has 0 N–H and O–H groups in total. The molecule has 2 aromatic carbocycles. The molecule has 3 heterocycles. The van der Waals surface area contributed by atoms with Crippen LogP contribution in [0.4, 0.5) is 0 Å². The van der Waals surface area contributed by atoms with E-state index in [0.717, 1.165) is 5.56 Å². The molecule has 1 aliphatic heterocycles. The second kappa shape index (κ2) is 11.8. The maximum atomic E-state index is 13.8. The summed E-state index contributed by atoms with van der Waals surface area (Å²) in [5.41, 5.74) is 2.29. The first-order valence-electron chi connectivity index (χ1n) is 13.1. The molecule has 210 valence electrons. The molecule has 0 aliphatic carbocycles. The van der Waals surface area contributed by atoms with Gasteiger partial charge in [-0.2, -0.15) is 0 Å². The van der Waals surface area contributed by atoms with E-state index in [1.165, 1.54) is 15.9 Å². The Hall–Kier alpha value is -4.70. The van der Waals surface area contributed by atoms with E-state index in [-0.39, 0.29) is 23.7 Å². The predicted octanol–water partition coefficient (Wildman–Crippen LogP) is 4.24. The van der Waals surface area contributed by atoms with Crippen LogP contribution in [-0.4, -0.2) is 36.8 Å². The van der Waals surface area contributed by atoms with E-state index in [1.54, 1.807) is 76.4 Å². The number of hydrogen-bond acceptors (Lipinski definition) is 9. The highest BCUT2D eigenvalue weighted by atomic mass is 32.1. The number of carbonyl (C=O) groups excluding carboxylic acids is 2. The first-order valence-corrected chi connectivity index (χ1v) is 13.9. The van der Waals surface area contributed by atoms with Gasteiger partial charge in [0.1, 0.15) is 23.3 Å². The van der Waals surface area contributed by atoms with Gasteiger partial charge in [-0.05, 0) is 51.1 Å². The number of rotatable bonds is 8. The van der Waals surface area contributed by atoms with Crippen LogP contribution in [0.5, 0.6) is 5.75 Å². The first-order chi connectivity index (χ1) is 19.9. The van der Waals surface area contributed by atoms with Crippen molar-refractivity contribution in [1.29, 1.82) is 0 Å². The first kappa shape index (κ1) is 27.9. The van der Waals surface area contributed by atoms with Crippen LogP contribution in [0.1, 0.15) is 48.5 Å². The Morgan fingerprint density at radius 2 is 1.71 bits per heavy atom. The molecule has 0 saturated carbocycles. The molecular formula is C31H28N2O7S. The molecule has 0 spiro atoms. The van der Waals surface area contributed by atoms with E-state index in [1.807, 2.05) is 18.2 Å². The molecule has 0 saturated heterocycles. The zero-order valence-electron chi connectivity index (χ0n) is 23.0. The number of thiazole rings is 1. The number of methoxy groups -OCH3 is 1. The number of fused-ring (bicyclic) bond motifs is 1. The number of para-hydroxylation sites is 1. The zero-order chi connectivity index (χ0) is 29.1. The SMILES string of the molecule is CCOC(=O)C1=C(C)N=c2s/c(=C\c3ccc(-c4ccc(C(=O)OCC)cc4)o3)c(=O)n2C1c1ccccc1OC. The number of hydrogen-bond donors (Lipinski definition) is 0. The highest BCUT2D eigenvalue weighted by Gasteiger charge is 2.35. The summed E-state index contributed by atoms with van der Waals surface area (Å²) in [6, 6.07) is 16.9. The van der Waals surface area contributed by atoms with Gasteiger partial charge in [0.25, 0.3) is 5.56 Å². The van der Waals surface area contributed by atoms with Crippen molar-refractivity contribution in [2.45, 2.75) is 26.8 Å². The van der Waals surface area contributed by atoms with Crippen molar-refractivity contribution in [3.8, 4) is 17.1 Å². The second-order valence-corrected chi connectivity index (χ2v) is 10.1. The summed E-state index contributed by atoms with van der Waals surface area (Å²) in [5, 5.41) is 0. The molecule has 4 aromatic rings. The lowest BCUT2D eigenvalue weighted by Gasteiger charge is -2.25. The van der Waals surface area contributed by atoms with E-state index >= 15 is 0 Å². The highest BCUT2D eigenvalue weighted by Crippen LogP contribution is 2.35. The quantitative estimate of drug-likeness (QED) is 0.291. The molecule has 0 bridgehead atoms. The van der Waals surface area contributed by atoms with Crippen molar-refractivity contribution in [2.24, 2.45) is 4.99 Å². The minimum atomic E-state index is -0.784. The van der Waals surface area contributed by atoms with E-state index in [2.05, 4.69) is 4.99 Å². The van der Waals surface area contributed by atoms with Gasteiger partial charge in [0.05, 0.1) is 41.7 Å². The Balaban J connectivity index is 1.57. The lowest BCUT2D eigenvalue weighted by Crippen LogP contribution is -2.40. The van der Waals surface area contributed by atoms with Gasteiger partial charge in [-0.15, -0.1) is 0 Å². The molecule has 2 aromatic heterocycles. The fraction of sp³-hybridized carbons (Fsp3) is 0.226. The molecule has 9 nitrogen and oxygen atoms in total. The molecule has 1 aliphatic rings. The van der Waals surface area contributed by atoms with Gasteiger partial charge in [-0.1, -0.05) is 41.7 Å². The van der Waals surface area contributed by atoms with Gasteiger partial charge in [-0.25, -0.2) is 14.6 Å². The van der Waals surface area contributed by atoms with E-state index in [0.29, 0.717) is 50.0 Å². The molecular weight excluding hydrogens is 544 g/mol. The molecule has 0 amide bonds. The van der Waals surface area contributed by atoms with Crippen LogP contribution in [0.3, 0.4) is 0 Å². The number of furan rings is 1. The topological polar surface area (TPSA) is 109 Å². The van der Waals surface area contributed by atoms with Gasteiger partial charge in [0.2, 0.25) is 0 Å². The Labute approximate surface area is 239 Å². The number of nitrogens with zero attached hydrogens (tertiary/aromatic N) is 2. The van der Waals surface area contributed by atoms with Crippen LogP contribution < -0.4 is 19.6 Å². The average molecular weight is 573 g/mol. The maximum Gasteiger partial charge on any atom is 0.338 e.